The quantitative estimate of drug-likeness (QED) is 0.258. The van der Waals surface area contributed by atoms with E-state index in [-0.39, 0.29) is 19.4 Å². The van der Waals surface area contributed by atoms with E-state index in [4.69, 9.17) is 14.2 Å². The molecule has 40 heavy (non-hydrogen) atoms. The molecule has 2 aromatic carbocycles. The zero-order chi connectivity index (χ0) is 27.5. The van der Waals surface area contributed by atoms with Crippen LogP contribution >= 0.6 is 0 Å². The van der Waals surface area contributed by atoms with Crippen LogP contribution in [0, 0.1) is 25.2 Å². The van der Waals surface area contributed by atoms with Crippen molar-refractivity contribution in [2.45, 2.75) is 53.7 Å². The number of nitriles is 1. The first-order valence-electron chi connectivity index (χ1n) is 12.7. The van der Waals surface area contributed by atoms with Crippen molar-refractivity contribution in [1.82, 2.24) is 24.8 Å². The molecule has 0 saturated carbocycles. The van der Waals surface area contributed by atoms with Gasteiger partial charge in [-0.25, -0.2) is 4.98 Å². The lowest BCUT2D eigenvalue weighted by atomic mass is 10.0. The second kappa shape index (κ2) is 11.8. The highest BCUT2D eigenvalue weighted by Crippen LogP contribution is 2.25. The number of fused-ring (bicyclic) bond motifs is 1. The van der Waals surface area contributed by atoms with Gasteiger partial charge in [-0.3, -0.25) is 4.79 Å². The van der Waals surface area contributed by atoms with Gasteiger partial charge < -0.3 is 19.0 Å². The van der Waals surface area contributed by atoms with Gasteiger partial charge in [0.2, 0.25) is 5.89 Å². The number of benzene rings is 2. The summed E-state index contributed by atoms with van der Waals surface area (Å²) >= 11 is 0. The summed E-state index contributed by atoms with van der Waals surface area (Å²) < 4.78 is 12.9. The summed E-state index contributed by atoms with van der Waals surface area (Å²) in [7, 11) is 0. The Bertz CT molecular complexity index is 1680. The molecule has 3 heterocycles. The highest BCUT2D eigenvalue weighted by atomic mass is 16.5. The first kappa shape index (κ1) is 28.0. The molecule has 9 nitrogen and oxygen atoms in total. The van der Waals surface area contributed by atoms with E-state index in [1.165, 1.54) is 6.07 Å². The molecule has 1 amide bonds. The summed E-state index contributed by atoms with van der Waals surface area (Å²) in [5.41, 5.74) is 5.52. The van der Waals surface area contributed by atoms with Crippen LogP contribution < -0.4 is 10.1 Å². The summed E-state index contributed by atoms with van der Waals surface area (Å²) in [5, 5.41) is 16.6. The summed E-state index contributed by atoms with van der Waals surface area (Å²) in [5.74, 6) is 0.867. The maximum atomic E-state index is 13.2. The van der Waals surface area contributed by atoms with E-state index in [2.05, 4.69) is 21.5 Å². The van der Waals surface area contributed by atoms with E-state index >= 15 is 0 Å². The summed E-state index contributed by atoms with van der Waals surface area (Å²) in [6.07, 6.45) is 4.34. The largest absolute Gasteiger partial charge is 0.490 e. The van der Waals surface area contributed by atoms with Crippen molar-refractivity contribution in [3.63, 3.8) is 0 Å². The van der Waals surface area contributed by atoms with Gasteiger partial charge in [0.1, 0.15) is 17.5 Å². The molecule has 3 aromatic heterocycles. The molecular weight excluding hydrogens is 504 g/mol. The number of imidazole rings is 1. The molecule has 0 radical (unpaired) electrons. The first-order chi connectivity index (χ1) is 18.8. The molecule has 0 saturated heterocycles. The predicted molar refractivity (Wildman–Crippen MR) is 152 cm³/mol. The Morgan fingerprint density at radius 3 is 2.55 bits per heavy atom. The number of pyridine rings is 1. The van der Waals surface area contributed by atoms with E-state index in [0.717, 1.165) is 28.0 Å². The van der Waals surface area contributed by atoms with E-state index in [1.807, 2.05) is 74.0 Å². The summed E-state index contributed by atoms with van der Waals surface area (Å²) in [4.78, 5) is 22.3. The second-order valence-electron chi connectivity index (χ2n) is 9.64. The van der Waals surface area contributed by atoms with Gasteiger partial charge in [-0.1, -0.05) is 42.9 Å². The number of ether oxygens (including phenoxy) is 1. The van der Waals surface area contributed by atoms with Gasteiger partial charge in [0, 0.05) is 36.9 Å². The van der Waals surface area contributed by atoms with E-state index in [0.29, 0.717) is 35.0 Å². The number of hydrogen-bond acceptors (Lipinski definition) is 7. The SMILES string of the molecule is C.Cc1nc([C@H](Cc2ccc(-c3cn4cccc(C)c4n3)cc2)NC(=O)c2ccc(OC(C)C)c(C#N)c2)no1. The van der Waals surface area contributed by atoms with Gasteiger partial charge in [0.05, 0.1) is 23.4 Å². The van der Waals surface area contributed by atoms with Crippen molar-refractivity contribution in [2.24, 2.45) is 0 Å². The first-order valence-corrected chi connectivity index (χ1v) is 12.7. The van der Waals surface area contributed by atoms with Crippen LogP contribution in [0.25, 0.3) is 16.9 Å². The van der Waals surface area contributed by atoms with Crippen molar-refractivity contribution in [2.75, 3.05) is 0 Å². The predicted octanol–water partition coefficient (Wildman–Crippen LogP) is 6.01. The van der Waals surface area contributed by atoms with Gasteiger partial charge in [0.15, 0.2) is 5.82 Å². The number of amides is 1. The van der Waals surface area contributed by atoms with E-state index < -0.39 is 6.04 Å². The third-order valence-electron chi connectivity index (χ3n) is 6.25. The van der Waals surface area contributed by atoms with Crippen LogP contribution in [-0.2, 0) is 6.42 Å². The maximum Gasteiger partial charge on any atom is 0.251 e. The molecule has 0 bridgehead atoms. The fraction of sp³-hybridized carbons (Fsp3) is 0.258. The average molecular weight is 537 g/mol. The molecular formula is C31H32N6O3. The number of carbonyl (C=O) groups is 1. The third-order valence-corrected chi connectivity index (χ3v) is 6.25. The number of nitrogens with zero attached hydrogens (tertiary/aromatic N) is 5. The Balaban J connectivity index is 0.00000370. The molecule has 1 N–H and O–H groups in total. The summed E-state index contributed by atoms with van der Waals surface area (Å²) in [6.45, 7) is 7.50. The minimum atomic E-state index is -0.546. The zero-order valence-corrected chi connectivity index (χ0v) is 22.2. The van der Waals surface area contributed by atoms with Crippen molar-refractivity contribution >= 4 is 11.6 Å². The second-order valence-corrected chi connectivity index (χ2v) is 9.64. The highest BCUT2D eigenvalue weighted by molar-refractivity contribution is 5.95. The van der Waals surface area contributed by atoms with Crippen LogP contribution in [0.3, 0.4) is 0 Å². The van der Waals surface area contributed by atoms with Crippen LogP contribution in [0.2, 0.25) is 0 Å². The number of carbonyl (C=O) groups excluding carboxylic acids is 1. The van der Waals surface area contributed by atoms with Crippen molar-refractivity contribution < 1.29 is 14.1 Å². The molecule has 5 aromatic rings. The molecule has 1 atom stereocenters. The average Bonchev–Trinajstić information content (AvgIpc) is 3.56. The fourth-order valence-electron chi connectivity index (χ4n) is 4.36. The molecule has 0 aliphatic carbocycles. The Morgan fingerprint density at radius 2 is 1.90 bits per heavy atom. The molecule has 9 heteroatoms. The molecule has 5 rings (SSSR count). The normalized spacial score (nSPS) is 11.6. The topological polar surface area (TPSA) is 118 Å². The molecule has 0 spiro atoms. The molecule has 0 fully saturated rings. The number of nitrogens with one attached hydrogen (secondary N) is 1. The Kier molecular flexibility index (Phi) is 8.29. The Morgan fingerprint density at radius 1 is 1.12 bits per heavy atom. The highest BCUT2D eigenvalue weighted by Gasteiger charge is 2.22. The number of aromatic nitrogens is 4. The lowest BCUT2D eigenvalue weighted by Gasteiger charge is -2.17. The van der Waals surface area contributed by atoms with Gasteiger partial charge in [-0.15, -0.1) is 0 Å². The summed E-state index contributed by atoms with van der Waals surface area (Å²) in [6, 6.07) is 18.4. The molecule has 0 unspecified atom stereocenters. The van der Waals surface area contributed by atoms with Crippen molar-refractivity contribution in [3.05, 3.63) is 101 Å². The molecule has 0 aliphatic heterocycles. The zero-order valence-electron chi connectivity index (χ0n) is 22.2. The van der Waals surface area contributed by atoms with Crippen LogP contribution in [0.15, 0.2) is 71.5 Å². The van der Waals surface area contributed by atoms with Crippen LogP contribution in [0.4, 0.5) is 0 Å². The smallest absolute Gasteiger partial charge is 0.251 e. The third kappa shape index (κ3) is 6.02. The standard InChI is InChI=1S/C30H28N6O3.CH4/c1-18(2)38-27-12-11-23(15-24(27)16-31)30(37)34-25(28-32-20(4)39-35-28)14-21-7-9-22(10-8-21)26-17-36-13-5-6-19(3)29(36)33-26;/h5-13,15,17-18,25H,14H2,1-4H3,(H,34,37);1H4/t25-;/m0./s1. The van der Waals surface area contributed by atoms with Crippen molar-refractivity contribution in [1.29, 1.82) is 5.26 Å². The lowest BCUT2D eigenvalue weighted by Crippen LogP contribution is -2.31. The Labute approximate surface area is 233 Å². The monoisotopic (exact) mass is 536 g/mol. The van der Waals surface area contributed by atoms with Gasteiger partial charge >= 0.3 is 0 Å². The van der Waals surface area contributed by atoms with E-state index in [1.54, 1.807) is 19.1 Å². The minimum Gasteiger partial charge on any atom is -0.490 e. The van der Waals surface area contributed by atoms with E-state index in [9.17, 15) is 10.1 Å². The lowest BCUT2D eigenvalue weighted by molar-refractivity contribution is 0.0934. The van der Waals surface area contributed by atoms with Gasteiger partial charge in [0.25, 0.3) is 5.91 Å². The Hall–Kier alpha value is -4.97. The molecule has 204 valence electrons. The van der Waals surface area contributed by atoms with Gasteiger partial charge in [-0.2, -0.15) is 10.2 Å². The van der Waals surface area contributed by atoms with Crippen molar-refractivity contribution in [3.8, 4) is 23.1 Å². The minimum absolute atomic E-state index is 0. The maximum absolute atomic E-state index is 13.2. The van der Waals surface area contributed by atoms with Crippen LogP contribution in [0.1, 0.15) is 66.1 Å². The fourth-order valence-corrected chi connectivity index (χ4v) is 4.36. The van der Waals surface area contributed by atoms with Crippen LogP contribution in [0.5, 0.6) is 5.75 Å². The van der Waals surface area contributed by atoms with Gasteiger partial charge in [-0.05, 0) is 56.2 Å². The number of rotatable bonds is 8. The number of hydrogen-bond donors (Lipinski definition) is 1. The van der Waals surface area contributed by atoms with Crippen LogP contribution in [-0.4, -0.2) is 31.5 Å². The number of aryl methyl sites for hydroxylation is 2. The molecule has 0 aliphatic rings.